The van der Waals surface area contributed by atoms with E-state index < -0.39 is 12.0 Å². The number of aliphatic carboxylic acids is 1. The van der Waals surface area contributed by atoms with E-state index in [9.17, 15) is 14.7 Å². The molecule has 2 rings (SSSR count). The number of benzene rings is 1. The summed E-state index contributed by atoms with van der Waals surface area (Å²) < 4.78 is 0. The first-order chi connectivity index (χ1) is 9.32. The van der Waals surface area contributed by atoms with Crippen molar-refractivity contribution in [1.82, 2.24) is 4.90 Å². The van der Waals surface area contributed by atoms with Gasteiger partial charge < -0.3 is 10.0 Å². The van der Waals surface area contributed by atoms with Gasteiger partial charge in [-0.15, -0.1) is 11.8 Å². The van der Waals surface area contributed by atoms with E-state index in [0.717, 1.165) is 5.56 Å². The molecule has 1 aromatic rings. The maximum atomic E-state index is 12.7. The van der Waals surface area contributed by atoms with Crippen LogP contribution in [0.15, 0.2) is 24.3 Å². The average Bonchev–Trinajstić information content (AvgIpc) is 2.86. The minimum absolute atomic E-state index is 0.155. The lowest BCUT2D eigenvalue weighted by atomic mass is 9.83. The summed E-state index contributed by atoms with van der Waals surface area (Å²) in [5, 5.41) is 9.20. The first kappa shape index (κ1) is 14.9. The van der Waals surface area contributed by atoms with Crippen LogP contribution in [0.5, 0.6) is 0 Å². The van der Waals surface area contributed by atoms with Crippen LogP contribution in [0.25, 0.3) is 0 Å². The van der Waals surface area contributed by atoms with Gasteiger partial charge in [-0.1, -0.05) is 39.0 Å². The summed E-state index contributed by atoms with van der Waals surface area (Å²) in [6.45, 7) is 6.14. The minimum atomic E-state index is -0.934. The number of carbonyl (C=O) groups is 2. The molecule has 20 heavy (non-hydrogen) atoms. The lowest BCUT2D eigenvalue weighted by molar-refractivity contribution is -0.140. The molecule has 1 aromatic carbocycles. The van der Waals surface area contributed by atoms with Gasteiger partial charge in [0.1, 0.15) is 6.04 Å². The number of thioether (sulfide) groups is 1. The quantitative estimate of drug-likeness (QED) is 0.910. The zero-order chi connectivity index (χ0) is 14.9. The zero-order valence-corrected chi connectivity index (χ0v) is 12.7. The van der Waals surface area contributed by atoms with Crippen molar-refractivity contribution in [2.45, 2.75) is 32.2 Å². The van der Waals surface area contributed by atoms with E-state index in [1.807, 2.05) is 39.0 Å². The Bertz CT molecular complexity index is 536. The number of rotatable bonds is 2. The summed E-state index contributed by atoms with van der Waals surface area (Å²) in [6, 6.07) is 6.73. The number of hydrogen-bond acceptors (Lipinski definition) is 3. The Balaban J connectivity index is 2.37. The number of carbonyl (C=O) groups excluding carboxylic acids is 1. The molecule has 1 saturated heterocycles. The van der Waals surface area contributed by atoms with Crippen molar-refractivity contribution in [3.8, 4) is 0 Å². The average molecular weight is 293 g/mol. The second-order valence-corrected chi connectivity index (χ2v) is 6.92. The lowest BCUT2D eigenvalue weighted by Crippen LogP contribution is -2.42. The molecule has 0 bridgehead atoms. The monoisotopic (exact) mass is 293 g/mol. The minimum Gasteiger partial charge on any atom is -0.480 e. The van der Waals surface area contributed by atoms with Gasteiger partial charge in [-0.2, -0.15) is 0 Å². The highest BCUT2D eigenvalue weighted by Gasteiger charge is 2.36. The maximum Gasteiger partial charge on any atom is 0.327 e. The van der Waals surface area contributed by atoms with Crippen LogP contribution >= 0.6 is 11.8 Å². The molecule has 0 saturated carbocycles. The van der Waals surface area contributed by atoms with E-state index in [1.54, 1.807) is 6.07 Å². The van der Waals surface area contributed by atoms with Crippen molar-refractivity contribution in [2.24, 2.45) is 0 Å². The van der Waals surface area contributed by atoms with Gasteiger partial charge in [0, 0.05) is 11.3 Å². The van der Waals surface area contributed by atoms with Crippen molar-refractivity contribution in [1.29, 1.82) is 0 Å². The van der Waals surface area contributed by atoms with Gasteiger partial charge in [0.05, 0.1) is 5.88 Å². The normalized spacial score (nSPS) is 19.1. The van der Waals surface area contributed by atoms with Gasteiger partial charge in [0.2, 0.25) is 0 Å². The van der Waals surface area contributed by atoms with Crippen LogP contribution in [0.1, 0.15) is 36.7 Å². The summed E-state index contributed by atoms with van der Waals surface area (Å²) in [5.74, 6) is -0.225. The van der Waals surface area contributed by atoms with E-state index in [2.05, 4.69) is 0 Å². The van der Waals surface area contributed by atoms with Crippen molar-refractivity contribution in [3.63, 3.8) is 0 Å². The third kappa shape index (κ3) is 2.82. The molecule has 1 aliphatic rings. The number of nitrogens with zero attached hydrogens (tertiary/aromatic N) is 1. The van der Waals surface area contributed by atoms with Crippen LogP contribution in [0.2, 0.25) is 0 Å². The lowest BCUT2D eigenvalue weighted by Gasteiger charge is -2.26. The molecule has 4 nitrogen and oxygen atoms in total. The summed E-state index contributed by atoms with van der Waals surface area (Å²) in [6.07, 6.45) is 0. The Morgan fingerprint density at radius 1 is 1.30 bits per heavy atom. The van der Waals surface area contributed by atoms with E-state index >= 15 is 0 Å². The van der Waals surface area contributed by atoms with Gasteiger partial charge in [0.25, 0.3) is 5.91 Å². The van der Waals surface area contributed by atoms with Gasteiger partial charge in [0.15, 0.2) is 0 Å². The summed E-state index contributed by atoms with van der Waals surface area (Å²) in [7, 11) is 0. The molecule has 1 heterocycles. The van der Waals surface area contributed by atoms with Gasteiger partial charge >= 0.3 is 5.97 Å². The summed E-state index contributed by atoms with van der Waals surface area (Å²) >= 11 is 1.48. The fourth-order valence-electron chi connectivity index (χ4n) is 2.33. The Labute approximate surface area is 123 Å². The third-order valence-electron chi connectivity index (χ3n) is 3.39. The molecule has 1 N–H and O–H groups in total. The van der Waals surface area contributed by atoms with Crippen LogP contribution in [0.4, 0.5) is 0 Å². The van der Waals surface area contributed by atoms with E-state index in [1.165, 1.54) is 16.7 Å². The predicted molar refractivity (Wildman–Crippen MR) is 80.1 cm³/mol. The highest BCUT2D eigenvalue weighted by Crippen LogP contribution is 2.29. The van der Waals surface area contributed by atoms with Gasteiger partial charge in [-0.25, -0.2) is 4.79 Å². The molecule has 1 atom stereocenters. The molecular weight excluding hydrogens is 274 g/mol. The Morgan fingerprint density at radius 2 is 1.95 bits per heavy atom. The largest absolute Gasteiger partial charge is 0.480 e. The molecule has 0 aliphatic carbocycles. The van der Waals surface area contributed by atoms with Crippen LogP contribution in [-0.4, -0.2) is 39.6 Å². The maximum absolute atomic E-state index is 12.7. The SMILES string of the molecule is CC(C)(C)c1ccccc1C(=O)N1CSCC1C(=O)O. The number of carboxylic acids is 1. The standard InChI is InChI=1S/C15H19NO3S/c1-15(2,3)11-7-5-4-6-10(11)13(17)16-9-20-8-12(16)14(18)19/h4-7,12H,8-9H2,1-3H3,(H,18,19). The highest BCUT2D eigenvalue weighted by molar-refractivity contribution is 7.99. The fourth-order valence-corrected chi connectivity index (χ4v) is 3.47. The molecule has 1 amide bonds. The fraction of sp³-hybridized carbons (Fsp3) is 0.467. The van der Waals surface area contributed by atoms with E-state index in [0.29, 0.717) is 17.2 Å². The second-order valence-electron chi connectivity index (χ2n) is 5.92. The van der Waals surface area contributed by atoms with E-state index in [-0.39, 0.29) is 11.3 Å². The Kier molecular flexibility index (Phi) is 4.09. The molecule has 5 heteroatoms. The first-order valence-electron chi connectivity index (χ1n) is 6.53. The van der Waals surface area contributed by atoms with Gasteiger partial charge in [-0.3, -0.25) is 4.79 Å². The van der Waals surface area contributed by atoms with Crippen LogP contribution < -0.4 is 0 Å². The molecular formula is C15H19NO3S. The summed E-state index contributed by atoms with van der Waals surface area (Å²) in [5.41, 5.74) is 1.40. The number of amides is 1. The van der Waals surface area contributed by atoms with Crippen molar-refractivity contribution < 1.29 is 14.7 Å². The second kappa shape index (κ2) is 5.48. The molecule has 1 unspecified atom stereocenters. The third-order valence-corrected chi connectivity index (χ3v) is 4.41. The number of hydrogen-bond donors (Lipinski definition) is 1. The number of carboxylic acid groups (broad SMARTS) is 1. The van der Waals surface area contributed by atoms with Crippen molar-refractivity contribution in [3.05, 3.63) is 35.4 Å². The molecule has 0 radical (unpaired) electrons. The molecule has 0 aromatic heterocycles. The molecule has 1 fully saturated rings. The zero-order valence-electron chi connectivity index (χ0n) is 11.9. The van der Waals surface area contributed by atoms with Crippen molar-refractivity contribution >= 4 is 23.6 Å². The van der Waals surface area contributed by atoms with Crippen molar-refractivity contribution in [2.75, 3.05) is 11.6 Å². The summed E-state index contributed by atoms with van der Waals surface area (Å²) in [4.78, 5) is 25.4. The molecule has 108 valence electrons. The predicted octanol–water partition coefficient (Wildman–Crippen LogP) is 2.58. The highest BCUT2D eigenvalue weighted by atomic mass is 32.2. The molecule has 1 aliphatic heterocycles. The molecule has 0 spiro atoms. The smallest absolute Gasteiger partial charge is 0.327 e. The Morgan fingerprint density at radius 3 is 2.55 bits per heavy atom. The van der Waals surface area contributed by atoms with Crippen LogP contribution in [-0.2, 0) is 10.2 Å². The first-order valence-corrected chi connectivity index (χ1v) is 7.69. The van der Waals surface area contributed by atoms with Crippen LogP contribution in [0, 0.1) is 0 Å². The topological polar surface area (TPSA) is 57.6 Å². The Hall–Kier alpha value is -1.49. The van der Waals surface area contributed by atoms with Crippen LogP contribution in [0.3, 0.4) is 0 Å². The van der Waals surface area contributed by atoms with Gasteiger partial charge in [-0.05, 0) is 17.0 Å². The van der Waals surface area contributed by atoms with E-state index in [4.69, 9.17) is 0 Å².